The molecular weight excluding hydrogens is 219 g/mol. The van der Waals surface area contributed by atoms with Crippen LogP contribution in [0.4, 0.5) is 10.1 Å². The van der Waals surface area contributed by atoms with Crippen LogP contribution in [0.25, 0.3) is 11.4 Å². The van der Waals surface area contributed by atoms with E-state index in [-0.39, 0.29) is 5.82 Å². The molecule has 1 fully saturated rings. The van der Waals surface area contributed by atoms with Gasteiger partial charge >= 0.3 is 0 Å². The third-order valence-electron chi connectivity index (χ3n) is 2.95. The number of benzene rings is 1. The van der Waals surface area contributed by atoms with Crippen LogP contribution in [-0.4, -0.2) is 14.8 Å². The van der Waals surface area contributed by atoms with Gasteiger partial charge < -0.3 is 5.73 Å². The fraction of sp³-hybridized carbons (Fsp3) is 0.333. The molecule has 88 valence electrons. The van der Waals surface area contributed by atoms with E-state index in [1.807, 2.05) is 0 Å². The second kappa shape index (κ2) is 3.55. The predicted molar refractivity (Wildman–Crippen MR) is 62.8 cm³/mol. The maximum Gasteiger partial charge on any atom is 0.161 e. The predicted octanol–water partition coefficient (Wildman–Crippen LogP) is 2.08. The summed E-state index contributed by atoms with van der Waals surface area (Å²) in [6.07, 6.45) is 2.26. The first-order valence-corrected chi connectivity index (χ1v) is 5.61. The van der Waals surface area contributed by atoms with E-state index in [4.69, 9.17) is 5.73 Å². The zero-order valence-corrected chi connectivity index (χ0v) is 9.52. The lowest BCUT2D eigenvalue weighted by Crippen LogP contribution is -1.97. The van der Waals surface area contributed by atoms with Gasteiger partial charge in [0.2, 0.25) is 0 Å². The molecule has 0 spiro atoms. The van der Waals surface area contributed by atoms with Crippen molar-refractivity contribution in [3.05, 3.63) is 29.8 Å². The van der Waals surface area contributed by atoms with Gasteiger partial charge in [-0.1, -0.05) is 0 Å². The van der Waals surface area contributed by atoms with Crippen LogP contribution in [-0.2, 0) is 7.05 Å². The number of hydrogen-bond acceptors (Lipinski definition) is 3. The molecule has 0 radical (unpaired) electrons. The molecule has 0 atom stereocenters. The van der Waals surface area contributed by atoms with Crippen molar-refractivity contribution in [3.8, 4) is 11.4 Å². The molecule has 2 aromatic rings. The number of aryl methyl sites for hydroxylation is 1. The summed E-state index contributed by atoms with van der Waals surface area (Å²) in [4.78, 5) is 4.40. The van der Waals surface area contributed by atoms with Gasteiger partial charge in [-0.25, -0.2) is 14.1 Å². The Labute approximate surface area is 98.3 Å². The Bertz CT molecular complexity index is 572. The highest BCUT2D eigenvalue weighted by molar-refractivity contribution is 5.62. The molecule has 5 heteroatoms. The van der Waals surface area contributed by atoms with Gasteiger partial charge in [-0.05, 0) is 31.0 Å². The van der Waals surface area contributed by atoms with Crippen LogP contribution in [0, 0.1) is 5.82 Å². The SMILES string of the molecule is Cn1nc(C2CC2)nc1-c1cc(N)ccc1F. The Balaban J connectivity index is 2.10. The van der Waals surface area contributed by atoms with Gasteiger partial charge in [0.1, 0.15) is 5.82 Å². The summed E-state index contributed by atoms with van der Waals surface area (Å²) in [5, 5.41) is 4.32. The molecule has 0 bridgehead atoms. The average Bonchev–Trinajstić information content (AvgIpc) is 3.07. The first-order valence-electron chi connectivity index (χ1n) is 5.61. The molecule has 1 aliphatic rings. The summed E-state index contributed by atoms with van der Waals surface area (Å²) in [6, 6.07) is 4.49. The molecule has 0 amide bonds. The number of hydrogen-bond donors (Lipinski definition) is 1. The van der Waals surface area contributed by atoms with Crippen molar-refractivity contribution in [3.63, 3.8) is 0 Å². The lowest BCUT2D eigenvalue weighted by Gasteiger charge is -2.02. The summed E-state index contributed by atoms with van der Waals surface area (Å²) in [7, 11) is 1.77. The lowest BCUT2D eigenvalue weighted by atomic mass is 10.2. The van der Waals surface area contributed by atoms with Crippen LogP contribution in [0.15, 0.2) is 18.2 Å². The van der Waals surface area contributed by atoms with Crippen LogP contribution in [0.2, 0.25) is 0 Å². The Kier molecular flexibility index (Phi) is 2.14. The second-order valence-electron chi connectivity index (χ2n) is 4.43. The number of aromatic nitrogens is 3. The molecule has 3 rings (SSSR count). The smallest absolute Gasteiger partial charge is 0.161 e. The third kappa shape index (κ3) is 1.77. The fourth-order valence-electron chi connectivity index (χ4n) is 1.87. The molecule has 17 heavy (non-hydrogen) atoms. The zero-order valence-electron chi connectivity index (χ0n) is 9.52. The van der Waals surface area contributed by atoms with E-state index in [1.165, 1.54) is 12.1 Å². The fourth-order valence-corrected chi connectivity index (χ4v) is 1.87. The quantitative estimate of drug-likeness (QED) is 0.806. The second-order valence-corrected chi connectivity index (χ2v) is 4.43. The Morgan fingerprint density at radius 3 is 2.88 bits per heavy atom. The van der Waals surface area contributed by atoms with Gasteiger partial charge in [-0.2, -0.15) is 5.10 Å². The standard InChI is InChI=1S/C12H13FN4/c1-17-12(15-11(16-17)7-2-3-7)9-6-8(14)4-5-10(9)13/h4-7H,2-3,14H2,1H3. The highest BCUT2D eigenvalue weighted by atomic mass is 19.1. The lowest BCUT2D eigenvalue weighted by molar-refractivity contribution is 0.627. The van der Waals surface area contributed by atoms with Crippen LogP contribution in [0.5, 0.6) is 0 Å². The number of nitrogens with zero attached hydrogens (tertiary/aromatic N) is 3. The summed E-state index contributed by atoms with van der Waals surface area (Å²) >= 11 is 0. The van der Waals surface area contributed by atoms with Crippen molar-refractivity contribution < 1.29 is 4.39 Å². The molecule has 0 aliphatic heterocycles. The minimum absolute atomic E-state index is 0.322. The number of nitrogen functional groups attached to an aromatic ring is 1. The number of nitrogens with two attached hydrogens (primary N) is 1. The molecule has 1 aliphatic carbocycles. The van der Waals surface area contributed by atoms with Crippen molar-refractivity contribution in [1.29, 1.82) is 0 Å². The Morgan fingerprint density at radius 1 is 1.41 bits per heavy atom. The van der Waals surface area contributed by atoms with Crippen molar-refractivity contribution in [2.24, 2.45) is 7.05 Å². The average molecular weight is 232 g/mol. The summed E-state index contributed by atoms with van der Waals surface area (Å²) < 4.78 is 15.3. The van der Waals surface area contributed by atoms with Crippen molar-refractivity contribution in [2.45, 2.75) is 18.8 Å². The maximum atomic E-state index is 13.7. The Hall–Kier alpha value is -1.91. The van der Waals surface area contributed by atoms with Crippen LogP contribution in [0.1, 0.15) is 24.6 Å². The van der Waals surface area contributed by atoms with Crippen LogP contribution >= 0.6 is 0 Å². The summed E-state index contributed by atoms with van der Waals surface area (Å²) in [6.45, 7) is 0. The Morgan fingerprint density at radius 2 is 2.18 bits per heavy atom. The van der Waals surface area contributed by atoms with Gasteiger partial charge in [0.15, 0.2) is 11.6 Å². The molecule has 1 aromatic heterocycles. The molecule has 0 saturated heterocycles. The first kappa shape index (κ1) is 10.3. The van der Waals surface area contributed by atoms with Gasteiger partial charge in [-0.3, -0.25) is 0 Å². The molecule has 1 aromatic carbocycles. The highest BCUT2D eigenvalue weighted by Crippen LogP contribution is 2.39. The van der Waals surface area contributed by atoms with Crippen molar-refractivity contribution >= 4 is 5.69 Å². The normalized spacial score (nSPS) is 15.2. The van der Waals surface area contributed by atoms with E-state index in [2.05, 4.69) is 10.1 Å². The zero-order chi connectivity index (χ0) is 12.0. The minimum atomic E-state index is -0.322. The summed E-state index contributed by atoms with van der Waals surface area (Å²) in [5.74, 6) is 1.48. The highest BCUT2D eigenvalue weighted by Gasteiger charge is 2.29. The van der Waals surface area contributed by atoms with E-state index < -0.39 is 0 Å². The molecule has 2 N–H and O–H groups in total. The first-order chi connectivity index (χ1) is 8.15. The van der Waals surface area contributed by atoms with E-state index >= 15 is 0 Å². The van der Waals surface area contributed by atoms with Crippen LogP contribution in [0.3, 0.4) is 0 Å². The van der Waals surface area contributed by atoms with Gasteiger partial charge in [-0.15, -0.1) is 0 Å². The number of halogens is 1. The van der Waals surface area contributed by atoms with Gasteiger partial charge in [0.25, 0.3) is 0 Å². The third-order valence-corrected chi connectivity index (χ3v) is 2.95. The van der Waals surface area contributed by atoms with Gasteiger partial charge in [0.05, 0.1) is 5.56 Å². The van der Waals surface area contributed by atoms with E-state index in [1.54, 1.807) is 17.8 Å². The van der Waals surface area contributed by atoms with Crippen molar-refractivity contribution in [2.75, 3.05) is 5.73 Å². The topological polar surface area (TPSA) is 56.7 Å². The monoisotopic (exact) mass is 232 g/mol. The van der Waals surface area contributed by atoms with E-state index in [0.717, 1.165) is 18.7 Å². The van der Waals surface area contributed by atoms with E-state index in [0.29, 0.717) is 23.0 Å². The largest absolute Gasteiger partial charge is 0.399 e. The molecule has 4 nitrogen and oxygen atoms in total. The van der Waals surface area contributed by atoms with Gasteiger partial charge in [0, 0.05) is 18.7 Å². The molecule has 0 unspecified atom stereocenters. The van der Waals surface area contributed by atoms with Crippen LogP contribution < -0.4 is 5.73 Å². The minimum Gasteiger partial charge on any atom is -0.399 e. The molecule has 1 saturated carbocycles. The van der Waals surface area contributed by atoms with E-state index in [9.17, 15) is 4.39 Å². The molecule has 1 heterocycles. The molecular formula is C12H13FN4. The summed E-state index contributed by atoms with van der Waals surface area (Å²) in [5.41, 5.74) is 6.60. The van der Waals surface area contributed by atoms with Crippen molar-refractivity contribution in [1.82, 2.24) is 14.8 Å². The number of rotatable bonds is 2. The number of anilines is 1. The maximum absolute atomic E-state index is 13.7.